The van der Waals surface area contributed by atoms with Crippen LogP contribution in [0, 0.1) is 22.0 Å². The van der Waals surface area contributed by atoms with Crippen molar-refractivity contribution in [2.45, 2.75) is 25.1 Å². The highest BCUT2D eigenvalue weighted by molar-refractivity contribution is 6.00. The number of anilines is 2. The molecule has 2 fully saturated rings. The van der Waals surface area contributed by atoms with Crippen LogP contribution in [0.25, 0.3) is 0 Å². The second-order valence-electron chi connectivity index (χ2n) is 8.01. The fraction of sp³-hybridized carbons (Fsp3) is 0.286. The number of hydrogen-bond donors (Lipinski definition) is 5. The third-order valence-corrected chi connectivity index (χ3v) is 5.63. The van der Waals surface area contributed by atoms with E-state index in [1.807, 2.05) is 0 Å². The summed E-state index contributed by atoms with van der Waals surface area (Å²) in [6.45, 7) is 0. The number of rotatable bonds is 5. The molecule has 2 aliphatic rings. The Morgan fingerprint density at radius 3 is 2.43 bits per heavy atom. The van der Waals surface area contributed by atoms with Gasteiger partial charge in [-0.2, -0.15) is 13.2 Å². The molecule has 0 aliphatic carbocycles. The molecule has 0 saturated carbocycles. The summed E-state index contributed by atoms with van der Waals surface area (Å²) in [5, 5.41) is 24.1. The minimum Gasteiger partial charge on any atom is -0.353 e. The van der Waals surface area contributed by atoms with Gasteiger partial charge in [0.05, 0.1) is 28.5 Å². The van der Waals surface area contributed by atoms with E-state index in [0.717, 1.165) is 12.1 Å². The molecule has 2 saturated heterocycles. The van der Waals surface area contributed by atoms with Crippen molar-refractivity contribution in [3.63, 3.8) is 0 Å². The minimum absolute atomic E-state index is 0.0747. The summed E-state index contributed by atoms with van der Waals surface area (Å²) >= 11 is 0. The number of piperidine rings is 1. The predicted molar refractivity (Wildman–Crippen MR) is 115 cm³/mol. The van der Waals surface area contributed by atoms with Crippen LogP contribution in [0.1, 0.15) is 12.0 Å². The molecule has 5 N–H and O–H groups in total. The van der Waals surface area contributed by atoms with Crippen LogP contribution in [0.2, 0.25) is 0 Å². The molecule has 2 aromatic rings. The smallest absolute Gasteiger partial charge is 0.353 e. The maximum absolute atomic E-state index is 13.0. The van der Waals surface area contributed by atoms with Crippen molar-refractivity contribution in [2.75, 3.05) is 10.6 Å². The van der Waals surface area contributed by atoms with Crippen LogP contribution < -0.4 is 26.6 Å². The summed E-state index contributed by atoms with van der Waals surface area (Å²) in [6.07, 6.45) is -6.82. The summed E-state index contributed by atoms with van der Waals surface area (Å²) in [5.74, 6) is -3.81. The summed E-state index contributed by atoms with van der Waals surface area (Å²) in [5.41, 5.74) is -0.728. The molecule has 2 heterocycles. The SMILES string of the molecule is O=C1CC(C(=O)Nc2ccc([N+](=O)[O-])cc2)C2C(=O)NC(Nc3cccc(C(F)(F)F)c3)NC2N1. The Morgan fingerprint density at radius 2 is 1.77 bits per heavy atom. The highest BCUT2D eigenvalue weighted by Gasteiger charge is 2.48. The standard InChI is InChI=1S/C21H19F3N6O5/c22-21(23,24)10-2-1-3-12(8-10)26-20-28-17-16(19(33)29-20)14(9-15(31)27-17)18(32)25-11-4-6-13(7-5-11)30(34)35/h1-8,14,16-17,20,26,28H,9H2,(H,25,32)(H,27,31)(H,29,33). The quantitative estimate of drug-likeness (QED) is 0.315. The van der Waals surface area contributed by atoms with Gasteiger partial charge in [-0.3, -0.25) is 29.8 Å². The van der Waals surface area contributed by atoms with Gasteiger partial charge in [-0.05, 0) is 30.3 Å². The third-order valence-electron chi connectivity index (χ3n) is 5.63. The molecule has 35 heavy (non-hydrogen) atoms. The summed E-state index contributed by atoms with van der Waals surface area (Å²) in [6, 6.07) is 9.42. The first-order chi connectivity index (χ1) is 16.5. The Balaban J connectivity index is 1.46. The number of halogens is 3. The number of nitro benzene ring substituents is 1. The number of carbonyl (C=O) groups excluding carboxylic acids is 3. The lowest BCUT2D eigenvalue weighted by molar-refractivity contribution is -0.384. The van der Waals surface area contributed by atoms with Crippen molar-refractivity contribution in [3.05, 3.63) is 64.2 Å². The number of nitro groups is 1. The fourth-order valence-corrected chi connectivity index (χ4v) is 4.01. The summed E-state index contributed by atoms with van der Waals surface area (Å²) in [7, 11) is 0. The van der Waals surface area contributed by atoms with E-state index in [9.17, 15) is 37.7 Å². The lowest BCUT2D eigenvalue weighted by Crippen LogP contribution is -2.72. The molecule has 184 valence electrons. The fourth-order valence-electron chi connectivity index (χ4n) is 4.01. The first-order valence-electron chi connectivity index (χ1n) is 10.4. The second kappa shape index (κ2) is 9.21. The second-order valence-corrected chi connectivity index (χ2v) is 8.01. The van der Waals surface area contributed by atoms with Gasteiger partial charge in [0.25, 0.3) is 5.69 Å². The zero-order valence-electron chi connectivity index (χ0n) is 17.8. The van der Waals surface area contributed by atoms with E-state index in [1.54, 1.807) is 0 Å². The van der Waals surface area contributed by atoms with Gasteiger partial charge >= 0.3 is 6.18 Å². The lowest BCUT2D eigenvalue weighted by Gasteiger charge is -2.43. The van der Waals surface area contributed by atoms with Gasteiger partial charge in [0.2, 0.25) is 17.7 Å². The van der Waals surface area contributed by atoms with Crippen LogP contribution in [0.5, 0.6) is 0 Å². The normalized spacial score (nSPS) is 24.0. The molecule has 0 radical (unpaired) electrons. The van der Waals surface area contributed by atoms with Gasteiger partial charge in [-0.15, -0.1) is 0 Å². The maximum Gasteiger partial charge on any atom is 0.416 e. The molecule has 4 atom stereocenters. The third kappa shape index (κ3) is 5.32. The van der Waals surface area contributed by atoms with Crippen molar-refractivity contribution in [3.8, 4) is 0 Å². The molecule has 11 nitrogen and oxygen atoms in total. The molecular formula is C21H19F3N6O5. The number of hydrogen-bond acceptors (Lipinski definition) is 7. The molecule has 3 amide bonds. The van der Waals surface area contributed by atoms with Crippen molar-refractivity contribution < 1.29 is 32.5 Å². The number of benzene rings is 2. The number of carbonyl (C=O) groups is 3. The average Bonchev–Trinajstić information content (AvgIpc) is 2.78. The Bertz CT molecular complexity index is 1170. The first-order valence-corrected chi connectivity index (χ1v) is 10.4. The summed E-state index contributed by atoms with van der Waals surface area (Å²) < 4.78 is 38.9. The lowest BCUT2D eigenvalue weighted by atomic mass is 9.81. The first kappa shape index (κ1) is 23.9. The zero-order chi connectivity index (χ0) is 25.3. The number of fused-ring (bicyclic) bond motifs is 1. The molecule has 4 rings (SSSR count). The molecule has 4 unspecified atom stereocenters. The minimum atomic E-state index is -4.55. The van der Waals surface area contributed by atoms with E-state index < -0.39 is 58.7 Å². The van der Waals surface area contributed by atoms with E-state index in [4.69, 9.17) is 0 Å². The van der Waals surface area contributed by atoms with Crippen molar-refractivity contribution in [1.29, 1.82) is 0 Å². The Labute approximate surface area is 195 Å². The van der Waals surface area contributed by atoms with Gasteiger partial charge in [0, 0.05) is 29.9 Å². The van der Waals surface area contributed by atoms with Crippen LogP contribution >= 0.6 is 0 Å². The van der Waals surface area contributed by atoms with E-state index in [2.05, 4.69) is 26.6 Å². The highest BCUT2D eigenvalue weighted by Crippen LogP contribution is 2.31. The van der Waals surface area contributed by atoms with Crippen LogP contribution in [0.3, 0.4) is 0 Å². The average molecular weight is 492 g/mol. The Hall–Kier alpha value is -4.20. The van der Waals surface area contributed by atoms with Gasteiger partial charge in [0.15, 0.2) is 6.29 Å². The Morgan fingerprint density at radius 1 is 1.06 bits per heavy atom. The van der Waals surface area contributed by atoms with Crippen LogP contribution in [0.15, 0.2) is 48.5 Å². The molecule has 0 bridgehead atoms. The molecule has 2 aromatic carbocycles. The maximum atomic E-state index is 13.0. The van der Waals surface area contributed by atoms with Crippen molar-refractivity contribution >= 4 is 34.8 Å². The van der Waals surface area contributed by atoms with Crippen LogP contribution in [0.4, 0.5) is 30.2 Å². The highest BCUT2D eigenvalue weighted by atomic mass is 19.4. The monoisotopic (exact) mass is 492 g/mol. The number of nitrogens with one attached hydrogen (secondary N) is 5. The van der Waals surface area contributed by atoms with Crippen LogP contribution in [-0.4, -0.2) is 35.1 Å². The van der Waals surface area contributed by atoms with Gasteiger partial charge in [0.1, 0.15) is 0 Å². The number of amides is 3. The zero-order valence-corrected chi connectivity index (χ0v) is 17.8. The topological polar surface area (TPSA) is 154 Å². The van der Waals surface area contributed by atoms with Crippen molar-refractivity contribution in [2.24, 2.45) is 11.8 Å². The predicted octanol–water partition coefficient (Wildman–Crippen LogP) is 1.75. The number of nitrogens with zero attached hydrogens (tertiary/aromatic N) is 1. The van der Waals surface area contributed by atoms with E-state index >= 15 is 0 Å². The van der Waals surface area contributed by atoms with Crippen LogP contribution in [-0.2, 0) is 20.6 Å². The Kier molecular flexibility index (Phi) is 6.30. The van der Waals surface area contributed by atoms with Crippen molar-refractivity contribution in [1.82, 2.24) is 16.0 Å². The van der Waals surface area contributed by atoms with E-state index in [-0.39, 0.29) is 23.5 Å². The summed E-state index contributed by atoms with van der Waals surface area (Å²) in [4.78, 5) is 48.2. The van der Waals surface area contributed by atoms with E-state index in [1.165, 1.54) is 36.4 Å². The molecule has 2 aliphatic heterocycles. The molecule has 0 aromatic heterocycles. The number of alkyl halides is 3. The number of non-ortho nitro benzene ring substituents is 1. The largest absolute Gasteiger partial charge is 0.416 e. The molecule has 0 spiro atoms. The van der Waals surface area contributed by atoms with Gasteiger partial charge in [-0.25, -0.2) is 0 Å². The molecule has 14 heteroatoms. The van der Waals surface area contributed by atoms with E-state index in [0.29, 0.717) is 0 Å². The van der Waals surface area contributed by atoms with Gasteiger partial charge in [-0.1, -0.05) is 6.07 Å². The van der Waals surface area contributed by atoms with Gasteiger partial charge < -0.3 is 21.3 Å². The molecular weight excluding hydrogens is 473 g/mol.